The lowest BCUT2D eigenvalue weighted by Crippen LogP contribution is -2.49. The minimum absolute atomic E-state index is 0.0465. The molecule has 1 spiro atoms. The molecule has 2 atom stereocenters. The number of aryl methyl sites for hydroxylation is 2. The van der Waals surface area contributed by atoms with Crippen LogP contribution in [0, 0.1) is 13.8 Å². The Morgan fingerprint density at radius 3 is 2.41 bits per heavy atom. The van der Waals surface area contributed by atoms with Crippen LogP contribution in [0.3, 0.4) is 0 Å². The molecule has 2 heterocycles. The smallest absolute Gasteiger partial charge is 0.269 e. The van der Waals surface area contributed by atoms with Crippen LogP contribution in [-0.4, -0.2) is 17.1 Å². The summed E-state index contributed by atoms with van der Waals surface area (Å²) in [4.78, 5) is 30.0. The van der Waals surface area contributed by atoms with E-state index in [-0.39, 0.29) is 17.1 Å². The molecule has 6 heteroatoms. The van der Waals surface area contributed by atoms with Crippen molar-refractivity contribution in [3.63, 3.8) is 0 Å². The summed E-state index contributed by atoms with van der Waals surface area (Å²) in [5.74, 6) is -0.135. The van der Waals surface area contributed by atoms with Crippen molar-refractivity contribution in [2.24, 2.45) is 0 Å². The van der Waals surface area contributed by atoms with Crippen molar-refractivity contribution >= 4 is 46.6 Å². The number of carbonyl (C=O) groups is 2. The van der Waals surface area contributed by atoms with Crippen LogP contribution in [0.15, 0.2) is 66.7 Å². The van der Waals surface area contributed by atoms with Gasteiger partial charge in [0.2, 0.25) is 10.8 Å². The van der Waals surface area contributed by atoms with Crippen LogP contribution in [0.25, 0.3) is 0 Å². The van der Waals surface area contributed by atoms with E-state index in [1.165, 1.54) is 11.8 Å². The van der Waals surface area contributed by atoms with Crippen molar-refractivity contribution in [1.29, 1.82) is 0 Å². The van der Waals surface area contributed by atoms with Gasteiger partial charge in [-0.2, -0.15) is 0 Å². The molecule has 0 saturated carbocycles. The maximum atomic E-state index is 14.2. The first-order valence-electron chi connectivity index (χ1n) is 10.6. The summed E-state index contributed by atoms with van der Waals surface area (Å²) in [5.41, 5.74) is 5.68. The van der Waals surface area contributed by atoms with Crippen LogP contribution in [0.4, 0.5) is 11.4 Å². The highest BCUT2D eigenvalue weighted by Gasteiger charge is 2.63. The van der Waals surface area contributed by atoms with Gasteiger partial charge in [0.25, 0.3) is 5.91 Å². The van der Waals surface area contributed by atoms with Gasteiger partial charge >= 0.3 is 0 Å². The molecule has 1 fully saturated rings. The maximum absolute atomic E-state index is 14.2. The third-order valence-electron chi connectivity index (χ3n) is 6.33. The molecule has 5 rings (SSSR count). The summed E-state index contributed by atoms with van der Waals surface area (Å²) in [6.07, 6.45) is 0. The molecule has 0 bridgehead atoms. The van der Waals surface area contributed by atoms with Gasteiger partial charge in [0.15, 0.2) is 0 Å². The van der Waals surface area contributed by atoms with Crippen molar-refractivity contribution in [1.82, 2.24) is 0 Å². The van der Waals surface area contributed by atoms with Gasteiger partial charge in [0.05, 0.1) is 17.5 Å². The molecule has 1 saturated heterocycles. The zero-order valence-electron chi connectivity index (χ0n) is 18.1. The first kappa shape index (κ1) is 21.1. The minimum atomic E-state index is -1.11. The zero-order valence-corrected chi connectivity index (χ0v) is 19.7. The number of rotatable bonds is 3. The number of benzene rings is 3. The van der Waals surface area contributed by atoms with E-state index in [0.29, 0.717) is 11.6 Å². The molecule has 3 aromatic rings. The Balaban J connectivity index is 1.66. The van der Waals surface area contributed by atoms with Crippen molar-refractivity contribution < 1.29 is 9.59 Å². The minimum Gasteiger partial charge on any atom is -0.304 e. The van der Waals surface area contributed by atoms with Gasteiger partial charge in [0.1, 0.15) is 0 Å². The number of carbonyl (C=O) groups excluding carboxylic acids is 2. The second kappa shape index (κ2) is 7.68. The number of fused-ring (bicyclic) bond motifs is 2. The standard InChI is InChI=1S/C26H23ClN2O2S/c1-16-8-13-21(14-17(16)2)29-24(30)18(3)32-26(29)22-6-4-5-7-23(22)28(25(26)31)15-19-9-11-20(27)12-10-19/h4-14,18H,15H2,1-3H3/t18-,26-/m0/s1. The third-order valence-corrected chi connectivity index (χ3v) is 8.05. The van der Waals surface area contributed by atoms with Gasteiger partial charge in [-0.1, -0.05) is 48.0 Å². The fourth-order valence-corrected chi connectivity index (χ4v) is 6.19. The Morgan fingerprint density at radius 1 is 0.969 bits per heavy atom. The van der Waals surface area contributed by atoms with E-state index in [1.54, 1.807) is 9.80 Å². The van der Waals surface area contributed by atoms with Crippen molar-refractivity contribution in [2.75, 3.05) is 9.80 Å². The normalized spacial score (nSPS) is 22.2. The zero-order chi connectivity index (χ0) is 22.6. The second-order valence-electron chi connectivity index (χ2n) is 8.38. The van der Waals surface area contributed by atoms with Crippen LogP contribution in [0.1, 0.15) is 29.2 Å². The van der Waals surface area contributed by atoms with E-state index in [2.05, 4.69) is 0 Å². The van der Waals surface area contributed by atoms with Gasteiger partial charge in [-0.15, -0.1) is 11.8 Å². The first-order valence-corrected chi connectivity index (χ1v) is 11.8. The molecule has 162 valence electrons. The average molecular weight is 463 g/mol. The molecule has 0 aromatic heterocycles. The molecule has 3 aromatic carbocycles. The summed E-state index contributed by atoms with van der Waals surface area (Å²) >= 11 is 7.48. The first-order chi connectivity index (χ1) is 15.3. The summed E-state index contributed by atoms with van der Waals surface area (Å²) < 4.78 is 0. The highest BCUT2D eigenvalue weighted by Crippen LogP contribution is 2.58. The number of thioether (sulfide) groups is 1. The fraction of sp³-hybridized carbons (Fsp3) is 0.231. The SMILES string of the molecule is Cc1ccc(N2C(=O)[C@H](C)S[C@@]23C(=O)N(Cc2ccc(Cl)cc2)c2ccccc23)cc1C. The van der Waals surface area contributed by atoms with Crippen LogP contribution < -0.4 is 9.80 Å². The van der Waals surface area contributed by atoms with Crippen LogP contribution in [0.2, 0.25) is 5.02 Å². The number of nitrogens with zero attached hydrogens (tertiary/aromatic N) is 2. The van der Waals surface area contributed by atoms with Gasteiger partial charge in [0, 0.05) is 16.3 Å². The molecule has 0 unspecified atom stereocenters. The number of hydrogen-bond acceptors (Lipinski definition) is 3. The summed E-state index contributed by atoms with van der Waals surface area (Å²) in [5, 5.41) is 0.328. The highest BCUT2D eigenvalue weighted by atomic mass is 35.5. The number of para-hydroxylation sites is 1. The lowest BCUT2D eigenvalue weighted by atomic mass is 10.0. The van der Waals surface area contributed by atoms with Crippen LogP contribution >= 0.6 is 23.4 Å². The number of anilines is 2. The average Bonchev–Trinajstić information content (AvgIpc) is 3.18. The molecule has 32 heavy (non-hydrogen) atoms. The molecule has 0 radical (unpaired) electrons. The monoisotopic (exact) mass is 462 g/mol. The van der Waals surface area contributed by atoms with E-state index in [0.717, 1.165) is 33.6 Å². The predicted molar refractivity (Wildman–Crippen MR) is 131 cm³/mol. The number of amides is 2. The van der Waals surface area contributed by atoms with Gasteiger partial charge in [-0.05, 0) is 67.8 Å². The molecule has 2 aliphatic rings. The highest BCUT2D eigenvalue weighted by molar-refractivity contribution is 8.03. The van der Waals surface area contributed by atoms with Gasteiger partial charge < -0.3 is 4.90 Å². The number of halogens is 1. The molecular formula is C26H23ClN2O2S. The molecule has 4 nitrogen and oxygen atoms in total. The molecular weight excluding hydrogens is 440 g/mol. The van der Waals surface area contributed by atoms with E-state index < -0.39 is 4.87 Å². The summed E-state index contributed by atoms with van der Waals surface area (Å²) in [7, 11) is 0. The second-order valence-corrected chi connectivity index (χ2v) is 10.4. The largest absolute Gasteiger partial charge is 0.304 e. The Labute approximate surface area is 197 Å². The Hall–Kier alpha value is -2.76. The van der Waals surface area contributed by atoms with Crippen molar-refractivity contribution in [3.05, 3.63) is 94.0 Å². The Kier molecular flexibility index (Phi) is 5.06. The summed E-state index contributed by atoms with van der Waals surface area (Å²) in [6.45, 7) is 6.37. The molecule has 2 amide bonds. The number of hydrogen-bond donors (Lipinski definition) is 0. The molecule has 0 N–H and O–H groups in total. The molecule has 0 aliphatic carbocycles. The van der Waals surface area contributed by atoms with E-state index in [4.69, 9.17) is 11.6 Å². The lowest BCUT2D eigenvalue weighted by molar-refractivity contribution is -0.124. The summed E-state index contributed by atoms with van der Waals surface area (Å²) in [6, 6.07) is 21.3. The molecule has 2 aliphatic heterocycles. The quantitative estimate of drug-likeness (QED) is 0.492. The fourth-order valence-electron chi connectivity index (χ4n) is 4.53. The topological polar surface area (TPSA) is 40.6 Å². The maximum Gasteiger partial charge on any atom is 0.269 e. The third kappa shape index (κ3) is 3.06. The van der Waals surface area contributed by atoms with Crippen LogP contribution in [0.5, 0.6) is 0 Å². The van der Waals surface area contributed by atoms with E-state index in [1.807, 2.05) is 87.5 Å². The van der Waals surface area contributed by atoms with Crippen molar-refractivity contribution in [2.45, 2.75) is 37.4 Å². The van der Waals surface area contributed by atoms with Crippen molar-refractivity contribution in [3.8, 4) is 0 Å². The van der Waals surface area contributed by atoms with E-state index >= 15 is 0 Å². The predicted octanol–water partition coefficient (Wildman–Crippen LogP) is 5.82. The lowest BCUT2D eigenvalue weighted by Gasteiger charge is -2.33. The van der Waals surface area contributed by atoms with Gasteiger partial charge in [-0.25, -0.2) is 0 Å². The van der Waals surface area contributed by atoms with Gasteiger partial charge in [-0.3, -0.25) is 14.5 Å². The Bertz CT molecular complexity index is 1240. The Morgan fingerprint density at radius 2 is 1.69 bits per heavy atom. The van der Waals surface area contributed by atoms with E-state index in [9.17, 15) is 9.59 Å². The van der Waals surface area contributed by atoms with Crippen LogP contribution in [-0.2, 0) is 21.0 Å².